The van der Waals surface area contributed by atoms with Gasteiger partial charge in [0.25, 0.3) is 0 Å². The summed E-state index contributed by atoms with van der Waals surface area (Å²) in [6.07, 6.45) is -9.42. The van der Waals surface area contributed by atoms with Crippen LogP contribution in [0.1, 0.15) is 16.8 Å². The fourth-order valence-electron chi connectivity index (χ4n) is 2.94. The lowest BCUT2D eigenvalue weighted by Gasteiger charge is -2.14. The van der Waals surface area contributed by atoms with Crippen molar-refractivity contribution in [1.29, 1.82) is 0 Å². The van der Waals surface area contributed by atoms with Crippen molar-refractivity contribution in [3.8, 4) is 0 Å². The average molecular weight is 524 g/mol. The molecular formula is C19H18F6N6O3S. The zero-order chi connectivity index (χ0) is 26.0. The maximum absolute atomic E-state index is 13.2. The second-order valence-electron chi connectivity index (χ2n) is 7.23. The number of pyridine rings is 1. The molecule has 0 saturated carbocycles. The molecular weight excluding hydrogens is 506 g/mol. The van der Waals surface area contributed by atoms with E-state index in [1.165, 1.54) is 19.2 Å². The number of hydrogen-bond acceptors (Lipinski definition) is 8. The van der Waals surface area contributed by atoms with Gasteiger partial charge in [-0.05, 0) is 35.9 Å². The Morgan fingerprint density at radius 1 is 1.00 bits per heavy atom. The number of aromatic nitrogens is 3. The summed E-state index contributed by atoms with van der Waals surface area (Å²) in [5, 5.41) is 9.69. The molecule has 35 heavy (non-hydrogen) atoms. The van der Waals surface area contributed by atoms with Crippen LogP contribution in [0.15, 0.2) is 35.2 Å². The van der Waals surface area contributed by atoms with Crippen LogP contribution in [0.4, 0.5) is 38.1 Å². The van der Waals surface area contributed by atoms with Gasteiger partial charge in [-0.2, -0.15) is 31.3 Å². The number of nitrogens with two attached hydrogens (primary N) is 1. The van der Waals surface area contributed by atoms with Crippen LogP contribution in [0.25, 0.3) is 11.0 Å². The molecule has 2 aromatic heterocycles. The van der Waals surface area contributed by atoms with Crippen LogP contribution in [0.3, 0.4) is 0 Å². The lowest BCUT2D eigenvalue weighted by atomic mass is 10.1. The third-order valence-electron chi connectivity index (χ3n) is 4.42. The molecule has 3 rings (SSSR count). The number of anilines is 2. The zero-order valence-electron chi connectivity index (χ0n) is 17.8. The third kappa shape index (κ3) is 7.12. The van der Waals surface area contributed by atoms with Crippen LogP contribution in [0, 0.1) is 0 Å². The van der Waals surface area contributed by atoms with Crippen molar-refractivity contribution in [1.82, 2.24) is 15.0 Å². The predicted molar refractivity (Wildman–Crippen MR) is 113 cm³/mol. The maximum atomic E-state index is 13.2. The highest BCUT2D eigenvalue weighted by molar-refractivity contribution is 7.89. The summed E-state index contributed by atoms with van der Waals surface area (Å²) in [5.74, 6) is -0.514. The Hall–Kier alpha value is -3.24. The van der Waals surface area contributed by atoms with Crippen LogP contribution in [0.2, 0.25) is 0 Å². The molecule has 1 aromatic carbocycles. The fourth-order valence-corrected chi connectivity index (χ4v) is 3.55. The number of primary sulfonamides is 1. The molecule has 9 nitrogen and oxygen atoms in total. The van der Waals surface area contributed by atoms with E-state index in [1.54, 1.807) is 0 Å². The molecule has 0 spiro atoms. The Labute approximate surface area is 194 Å². The maximum Gasteiger partial charge on any atom is 0.416 e. The van der Waals surface area contributed by atoms with Gasteiger partial charge in [0.2, 0.25) is 16.0 Å². The number of halogens is 6. The summed E-state index contributed by atoms with van der Waals surface area (Å²) >= 11 is 0. The van der Waals surface area contributed by atoms with Crippen molar-refractivity contribution in [3.63, 3.8) is 0 Å². The molecule has 0 saturated heterocycles. The van der Waals surface area contributed by atoms with E-state index in [4.69, 9.17) is 9.88 Å². The Morgan fingerprint density at radius 3 is 2.31 bits per heavy atom. The van der Waals surface area contributed by atoms with Gasteiger partial charge in [0.15, 0.2) is 5.82 Å². The molecule has 0 aliphatic heterocycles. The van der Waals surface area contributed by atoms with Crippen molar-refractivity contribution >= 4 is 32.8 Å². The monoisotopic (exact) mass is 524 g/mol. The molecule has 4 N–H and O–H groups in total. The van der Waals surface area contributed by atoms with Crippen LogP contribution in [-0.4, -0.2) is 43.2 Å². The molecule has 0 unspecified atom stereocenters. The number of nitrogens with one attached hydrogen (secondary N) is 2. The van der Waals surface area contributed by atoms with Gasteiger partial charge in [-0.15, -0.1) is 0 Å². The predicted octanol–water partition coefficient (Wildman–Crippen LogP) is 3.42. The molecule has 0 amide bonds. The van der Waals surface area contributed by atoms with Crippen LogP contribution in [0.5, 0.6) is 0 Å². The number of nitrogens with zero attached hydrogens (tertiary/aromatic N) is 3. The molecule has 0 bridgehead atoms. The van der Waals surface area contributed by atoms with E-state index in [1.807, 2.05) is 0 Å². The van der Waals surface area contributed by atoms with Crippen LogP contribution < -0.4 is 15.8 Å². The SMILES string of the molecule is COCc1ccc2nc(NCc3cc(C(F)(F)F)cc(S(N)(=O)=O)c3)nc(NCC(F)(F)F)c2n1. The molecule has 3 aromatic rings. The Bertz CT molecular complexity index is 1330. The quantitative estimate of drug-likeness (QED) is 0.382. The highest BCUT2D eigenvalue weighted by Gasteiger charge is 2.32. The Kier molecular flexibility index (Phi) is 7.37. The summed E-state index contributed by atoms with van der Waals surface area (Å²) in [5.41, 5.74) is -0.821. The summed E-state index contributed by atoms with van der Waals surface area (Å²) in [6.45, 7) is -1.75. The van der Waals surface area contributed by atoms with E-state index in [0.29, 0.717) is 17.8 Å². The second kappa shape index (κ2) is 9.79. The lowest BCUT2D eigenvalue weighted by Crippen LogP contribution is -2.22. The van der Waals surface area contributed by atoms with Gasteiger partial charge < -0.3 is 15.4 Å². The van der Waals surface area contributed by atoms with Gasteiger partial charge in [0.1, 0.15) is 12.1 Å². The minimum Gasteiger partial charge on any atom is -0.378 e. The number of alkyl halides is 6. The van der Waals surface area contributed by atoms with Crippen molar-refractivity contribution in [2.45, 2.75) is 30.4 Å². The second-order valence-corrected chi connectivity index (χ2v) is 8.79. The first-order chi connectivity index (χ1) is 16.2. The fraction of sp³-hybridized carbons (Fsp3) is 0.316. The van der Waals surface area contributed by atoms with Gasteiger partial charge in [-0.25, -0.2) is 23.5 Å². The molecule has 0 radical (unpaired) electrons. The van der Waals surface area contributed by atoms with Crippen LogP contribution in [-0.2, 0) is 34.1 Å². The van der Waals surface area contributed by atoms with Crippen molar-refractivity contribution in [3.05, 3.63) is 47.2 Å². The molecule has 0 aliphatic carbocycles. The van der Waals surface area contributed by atoms with Crippen molar-refractivity contribution in [2.24, 2.45) is 5.14 Å². The number of sulfonamides is 1. The molecule has 0 atom stereocenters. The third-order valence-corrected chi connectivity index (χ3v) is 5.31. The van der Waals surface area contributed by atoms with Gasteiger partial charge in [0.05, 0.1) is 28.3 Å². The molecule has 2 heterocycles. The highest BCUT2D eigenvalue weighted by Crippen LogP contribution is 2.32. The van der Waals surface area contributed by atoms with E-state index in [-0.39, 0.29) is 35.0 Å². The van der Waals surface area contributed by atoms with Gasteiger partial charge in [-0.1, -0.05) is 0 Å². The molecule has 190 valence electrons. The number of ether oxygens (including phenoxy) is 1. The Balaban J connectivity index is 1.97. The van der Waals surface area contributed by atoms with E-state index >= 15 is 0 Å². The van der Waals surface area contributed by atoms with Crippen molar-refractivity contribution < 1.29 is 39.5 Å². The number of methoxy groups -OCH3 is 1. The summed E-state index contributed by atoms with van der Waals surface area (Å²) in [7, 11) is -3.04. The van der Waals surface area contributed by atoms with Gasteiger partial charge in [-0.3, -0.25) is 0 Å². The summed E-state index contributed by atoms with van der Waals surface area (Å²) in [6, 6.07) is 5.02. The first kappa shape index (κ1) is 26.4. The molecule has 0 aliphatic rings. The Morgan fingerprint density at radius 2 is 1.71 bits per heavy atom. The van der Waals surface area contributed by atoms with Gasteiger partial charge in [0, 0.05) is 13.7 Å². The molecule has 0 fully saturated rings. The number of fused-ring (bicyclic) bond motifs is 1. The summed E-state index contributed by atoms with van der Waals surface area (Å²) < 4.78 is 106. The van der Waals surface area contributed by atoms with E-state index in [0.717, 1.165) is 6.07 Å². The minimum atomic E-state index is -4.85. The number of rotatable bonds is 8. The van der Waals surface area contributed by atoms with E-state index in [2.05, 4.69) is 25.6 Å². The smallest absolute Gasteiger partial charge is 0.378 e. The molecule has 16 heteroatoms. The van der Waals surface area contributed by atoms with E-state index in [9.17, 15) is 34.8 Å². The first-order valence-electron chi connectivity index (χ1n) is 9.61. The van der Waals surface area contributed by atoms with E-state index < -0.39 is 45.9 Å². The normalized spacial score (nSPS) is 12.7. The largest absolute Gasteiger partial charge is 0.416 e. The zero-order valence-corrected chi connectivity index (χ0v) is 18.6. The van der Waals surface area contributed by atoms with Crippen LogP contribution >= 0.6 is 0 Å². The first-order valence-corrected chi connectivity index (χ1v) is 11.2. The number of benzene rings is 1. The standard InChI is InChI=1S/C19H18F6N6O3S/c1-34-8-12-2-3-14-15(29-12)16(28-9-18(20,21)22)31-17(30-14)27-7-10-4-11(19(23,24)25)6-13(5-10)35(26,32)33/h2-6H,7-9H2,1H3,(H2,26,32,33)(H2,27,28,30,31). The topological polar surface area (TPSA) is 132 Å². The van der Waals surface area contributed by atoms with Gasteiger partial charge >= 0.3 is 12.4 Å². The minimum absolute atomic E-state index is 0.0185. The lowest BCUT2D eigenvalue weighted by molar-refractivity contribution is -0.137. The average Bonchev–Trinajstić information content (AvgIpc) is 2.74. The number of hydrogen-bond donors (Lipinski definition) is 3. The van der Waals surface area contributed by atoms with Crippen molar-refractivity contribution in [2.75, 3.05) is 24.3 Å². The summed E-state index contributed by atoms with van der Waals surface area (Å²) in [4.78, 5) is 11.5. The highest BCUT2D eigenvalue weighted by atomic mass is 32.2.